The molecule has 244 valence electrons. The summed E-state index contributed by atoms with van der Waals surface area (Å²) < 4.78 is 37.5. The van der Waals surface area contributed by atoms with Crippen molar-refractivity contribution < 1.29 is 17.4 Å². The zero-order valence-electron chi connectivity index (χ0n) is 26.7. The average molecular weight is 659 g/mol. The molecular formula is C39H46O5S2. The van der Waals surface area contributed by atoms with Gasteiger partial charge in [-0.05, 0) is 72.5 Å². The first kappa shape index (κ1) is 36.8. The van der Waals surface area contributed by atoms with Crippen LogP contribution in [0.15, 0.2) is 134 Å². The predicted octanol–water partition coefficient (Wildman–Crippen LogP) is 9.57. The topological polar surface area (TPSA) is 87.4 Å². The molecule has 4 aromatic carbocycles. The van der Waals surface area contributed by atoms with Crippen molar-refractivity contribution >= 4 is 33.7 Å². The van der Waals surface area contributed by atoms with Gasteiger partial charge in [0.2, 0.25) is 0 Å². The van der Waals surface area contributed by atoms with Crippen LogP contribution in [0.3, 0.4) is 0 Å². The molecule has 0 unspecified atom stereocenters. The van der Waals surface area contributed by atoms with Crippen molar-refractivity contribution in [2.45, 2.75) is 87.3 Å². The third kappa shape index (κ3) is 14.2. The molecule has 0 amide bonds. The fourth-order valence-electron chi connectivity index (χ4n) is 4.96. The molecular weight excluding hydrogens is 613 g/mol. The number of rotatable bonds is 13. The fourth-order valence-corrected chi connectivity index (χ4v) is 5.65. The Kier molecular flexibility index (Phi) is 16.4. The normalized spacial score (nSPS) is 10.8. The summed E-state index contributed by atoms with van der Waals surface area (Å²) in [4.78, 5) is 11.6. The lowest BCUT2D eigenvalue weighted by Crippen LogP contribution is -1.98. The van der Waals surface area contributed by atoms with Gasteiger partial charge in [0, 0.05) is 17.5 Å². The second kappa shape index (κ2) is 20.5. The number of unbranched alkanes of at least 4 members (excludes halogenated alkanes) is 9. The number of fused-ring (bicyclic) bond motifs is 1. The number of hydrogen-bond donors (Lipinski definition) is 0. The van der Waals surface area contributed by atoms with Crippen molar-refractivity contribution in [1.29, 1.82) is 0 Å². The van der Waals surface area contributed by atoms with E-state index in [9.17, 15) is 17.8 Å². The maximum absolute atomic E-state index is 10.8. The minimum absolute atomic E-state index is 0.140. The van der Waals surface area contributed by atoms with E-state index in [2.05, 4.69) is 68.1 Å². The molecule has 0 aliphatic rings. The number of benzene rings is 4. The highest BCUT2D eigenvalue weighted by atomic mass is 32.2. The summed E-state index contributed by atoms with van der Waals surface area (Å²) in [5.74, 6) is 0. The molecule has 5 rings (SSSR count). The molecule has 0 fully saturated rings. The Morgan fingerprint density at radius 3 is 1.65 bits per heavy atom. The zero-order chi connectivity index (χ0) is 33.0. The summed E-state index contributed by atoms with van der Waals surface area (Å²) in [6.07, 6.45) is 14.0. The lowest BCUT2D eigenvalue weighted by Gasteiger charge is -2.08. The quantitative estimate of drug-likeness (QED) is 0.0544. The number of hydrogen-bond acceptors (Lipinski definition) is 5. The van der Waals surface area contributed by atoms with Crippen molar-refractivity contribution in [2.24, 2.45) is 0 Å². The molecule has 0 atom stereocenters. The molecule has 5 aromatic rings. The molecule has 0 bridgehead atoms. The highest BCUT2D eigenvalue weighted by molar-refractivity contribution is 7.85. The highest BCUT2D eigenvalue weighted by Gasteiger charge is 2.01. The van der Waals surface area contributed by atoms with Gasteiger partial charge in [-0.2, -0.15) is 0 Å². The van der Waals surface area contributed by atoms with Gasteiger partial charge >= 0.3 is 5.63 Å². The van der Waals surface area contributed by atoms with Crippen LogP contribution in [0.25, 0.3) is 22.1 Å². The van der Waals surface area contributed by atoms with Gasteiger partial charge in [-0.1, -0.05) is 138 Å². The van der Waals surface area contributed by atoms with Crippen LogP contribution in [0.1, 0.15) is 76.7 Å². The Balaban J connectivity index is 0.000000202. The molecule has 0 N–H and O–H groups in total. The minimum Gasteiger partial charge on any atom is -0.744 e. The smallest absolute Gasteiger partial charge is 0.336 e. The van der Waals surface area contributed by atoms with E-state index in [1.54, 1.807) is 24.3 Å². The van der Waals surface area contributed by atoms with Gasteiger partial charge in [-0.25, -0.2) is 13.2 Å². The fraction of sp³-hybridized carbons (Fsp3) is 0.308. The van der Waals surface area contributed by atoms with Crippen LogP contribution in [0, 0.1) is 0 Å². The van der Waals surface area contributed by atoms with Gasteiger partial charge in [0.1, 0.15) is 15.7 Å². The summed E-state index contributed by atoms with van der Waals surface area (Å²) in [7, 11) is -4.31. The van der Waals surface area contributed by atoms with E-state index in [1.807, 2.05) is 24.3 Å². The van der Waals surface area contributed by atoms with Crippen molar-refractivity contribution in [3.05, 3.63) is 131 Å². The van der Waals surface area contributed by atoms with Crippen LogP contribution in [0.2, 0.25) is 0 Å². The van der Waals surface area contributed by atoms with Gasteiger partial charge < -0.3 is 8.97 Å². The van der Waals surface area contributed by atoms with Crippen LogP contribution < -0.4 is 5.63 Å². The summed E-state index contributed by atoms with van der Waals surface area (Å²) in [5.41, 5.74) is 3.94. The van der Waals surface area contributed by atoms with E-state index >= 15 is 0 Å². The van der Waals surface area contributed by atoms with Gasteiger partial charge in [0.25, 0.3) is 0 Å². The van der Waals surface area contributed by atoms with Crippen LogP contribution in [-0.2, 0) is 29.2 Å². The Labute approximate surface area is 279 Å². The second-order valence-corrected chi connectivity index (χ2v) is 13.2. The van der Waals surface area contributed by atoms with E-state index in [0.717, 1.165) is 28.7 Å². The Hall–Kier alpha value is -3.65. The van der Waals surface area contributed by atoms with E-state index in [1.165, 1.54) is 87.1 Å². The molecule has 5 nitrogen and oxygen atoms in total. The molecule has 0 saturated heterocycles. The van der Waals surface area contributed by atoms with Crippen LogP contribution in [0.4, 0.5) is 0 Å². The summed E-state index contributed by atoms with van der Waals surface area (Å²) in [5, 5.41) is 0.927. The largest absolute Gasteiger partial charge is 0.744 e. The maximum atomic E-state index is 10.8. The molecule has 46 heavy (non-hydrogen) atoms. The Bertz CT molecular complexity index is 1680. The van der Waals surface area contributed by atoms with E-state index in [0.29, 0.717) is 5.58 Å². The molecule has 0 aliphatic carbocycles. The molecule has 1 aromatic heterocycles. The van der Waals surface area contributed by atoms with Gasteiger partial charge in [-0.15, -0.1) is 0 Å². The molecule has 0 aliphatic heterocycles. The van der Waals surface area contributed by atoms with Crippen LogP contribution in [-0.4, -0.2) is 13.0 Å². The van der Waals surface area contributed by atoms with E-state index < -0.39 is 10.1 Å². The SMILES string of the molecule is CCCCCCCCCCCCc1ccc(S(=O)(=O)[O-])cc1.O=c1ccc2ccc([SH2+])cc2o1.c1ccc(-c2ccccc2)cc1. The maximum Gasteiger partial charge on any atom is 0.336 e. The lowest BCUT2D eigenvalue weighted by atomic mass is 10.0. The third-order valence-electron chi connectivity index (χ3n) is 7.54. The minimum atomic E-state index is -4.31. The number of aryl methyl sites for hydroxylation is 1. The van der Waals surface area contributed by atoms with Crippen molar-refractivity contribution in [3.63, 3.8) is 0 Å². The van der Waals surface area contributed by atoms with Crippen LogP contribution in [0.5, 0.6) is 0 Å². The Morgan fingerprint density at radius 2 is 1.13 bits per heavy atom. The third-order valence-corrected chi connectivity index (χ3v) is 8.70. The van der Waals surface area contributed by atoms with Crippen LogP contribution >= 0.6 is 0 Å². The first-order valence-corrected chi connectivity index (χ1v) is 18.1. The zero-order valence-corrected chi connectivity index (χ0v) is 28.5. The molecule has 7 heteroatoms. The van der Waals surface area contributed by atoms with Crippen molar-refractivity contribution in [1.82, 2.24) is 0 Å². The molecule has 0 radical (unpaired) electrons. The molecule has 0 spiro atoms. The first-order chi connectivity index (χ1) is 22.3. The predicted molar refractivity (Wildman–Crippen MR) is 193 cm³/mol. The summed E-state index contributed by atoms with van der Waals surface area (Å²) in [6.45, 7) is 2.24. The monoisotopic (exact) mass is 658 g/mol. The lowest BCUT2D eigenvalue weighted by molar-refractivity contribution is 0.463. The first-order valence-electron chi connectivity index (χ1n) is 16.2. The standard InChI is InChI=1S/C18H30O3S.C12H10.C9H6O2S/c1-2-3-4-5-6-7-8-9-10-11-12-17-13-15-18(16-14-17)22(19,20)21;1-3-7-11(8-4-1)12-9-5-2-6-10-12;10-9-4-2-6-1-3-7(12)5-8(6)11-9/h13-16H,2-12H2,1H3,(H,19,20,21);1-10H;1-5,12H. The second-order valence-electron chi connectivity index (χ2n) is 11.3. The van der Waals surface area contributed by atoms with Crippen molar-refractivity contribution in [2.75, 3.05) is 0 Å². The van der Waals surface area contributed by atoms with Gasteiger partial charge in [0.15, 0.2) is 4.90 Å². The molecule has 0 saturated carbocycles. The van der Waals surface area contributed by atoms with E-state index in [-0.39, 0.29) is 10.5 Å². The van der Waals surface area contributed by atoms with Gasteiger partial charge in [-0.3, -0.25) is 0 Å². The molecule has 1 heterocycles. The Morgan fingerprint density at radius 1 is 0.630 bits per heavy atom. The average Bonchev–Trinajstić information content (AvgIpc) is 3.07. The summed E-state index contributed by atoms with van der Waals surface area (Å²) >= 11 is 3.34. The highest BCUT2D eigenvalue weighted by Crippen LogP contribution is 2.18. The van der Waals surface area contributed by atoms with Gasteiger partial charge in [0.05, 0.1) is 4.90 Å². The van der Waals surface area contributed by atoms with E-state index in [4.69, 9.17) is 4.42 Å². The van der Waals surface area contributed by atoms with Crippen molar-refractivity contribution in [3.8, 4) is 11.1 Å². The summed E-state index contributed by atoms with van der Waals surface area (Å²) in [6, 6.07) is 35.8.